The number of para-hydroxylation sites is 1. The Morgan fingerprint density at radius 2 is 1.76 bits per heavy atom. The fraction of sp³-hybridized carbons (Fsp3) is 0.375. The lowest BCUT2D eigenvalue weighted by Gasteiger charge is -2.09. The smallest absolute Gasteiger partial charge is 0.291 e. The fourth-order valence-electron chi connectivity index (χ4n) is 4.06. The van der Waals surface area contributed by atoms with Gasteiger partial charge in [-0.2, -0.15) is 0 Å². The van der Waals surface area contributed by atoms with Gasteiger partial charge in [-0.15, -0.1) is 0 Å². The van der Waals surface area contributed by atoms with Crippen molar-refractivity contribution in [1.29, 1.82) is 0 Å². The molecule has 2 aromatic carbocycles. The van der Waals surface area contributed by atoms with Crippen LogP contribution in [0.5, 0.6) is 5.75 Å². The van der Waals surface area contributed by atoms with Gasteiger partial charge in [0.05, 0.1) is 12.1 Å². The molecule has 4 rings (SSSR count). The average molecular weight is 392 g/mol. The van der Waals surface area contributed by atoms with Crippen LogP contribution in [0.25, 0.3) is 21.8 Å². The zero-order valence-corrected chi connectivity index (χ0v) is 16.9. The SMILES string of the molecule is CCCCCCCCn1c2ccccc2c2ccc(OC3=C(O)CNC3=O)cc21. The van der Waals surface area contributed by atoms with Crippen molar-refractivity contribution in [2.75, 3.05) is 6.54 Å². The van der Waals surface area contributed by atoms with E-state index in [2.05, 4.69) is 41.1 Å². The number of aromatic nitrogens is 1. The normalized spacial score (nSPS) is 14.2. The van der Waals surface area contributed by atoms with Crippen molar-refractivity contribution in [3.63, 3.8) is 0 Å². The summed E-state index contributed by atoms with van der Waals surface area (Å²) < 4.78 is 8.08. The van der Waals surface area contributed by atoms with Crippen LogP contribution in [0.4, 0.5) is 0 Å². The van der Waals surface area contributed by atoms with Crippen LogP contribution in [0.3, 0.4) is 0 Å². The van der Waals surface area contributed by atoms with E-state index < -0.39 is 0 Å². The second kappa shape index (κ2) is 8.60. The molecule has 2 N–H and O–H groups in total. The second-order valence-electron chi connectivity index (χ2n) is 7.68. The summed E-state index contributed by atoms with van der Waals surface area (Å²) in [6.07, 6.45) is 7.53. The number of hydrogen-bond acceptors (Lipinski definition) is 3. The van der Waals surface area contributed by atoms with Crippen LogP contribution < -0.4 is 10.1 Å². The van der Waals surface area contributed by atoms with E-state index in [-0.39, 0.29) is 24.0 Å². The molecule has 0 bridgehead atoms. The number of nitrogens with one attached hydrogen (secondary N) is 1. The van der Waals surface area contributed by atoms with Gasteiger partial charge >= 0.3 is 0 Å². The Hall–Kier alpha value is -2.95. The number of fused-ring (bicyclic) bond motifs is 3. The van der Waals surface area contributed by atoms with E-state index in [1.807, 2.05) is 18.2 Å². The number of ether oxygens (including phenoxy) is 1. The second-order valence-corrected chi connectivity index (χ2v) is 7.68. The van der Waals surface area contributed by atoms with Gasteiger partial charge in [-0.05, 0) is 24.6 Å². The summed E-state index contributed by atoms with van der Waals surface area (Å²) in [5.74, 6) is 0.115. The van der Waals surface area contributed by atoms with Crippen molar-refractivity contribution in [3.05, 3.63) is 54.0 Å². The number of rotatable bonds is 9. The van der Waals surface area contributed by atoms with Gasteiger partial charge in [0.2, 0.25) is 5.76 Å². The summed E-state index contributed by atoms with van der Waals surface area (Å²) in [6, 6.07) is 14.3. The molecule has 1 aliphatic rings. The molecule has 2 heterocycles. The van der Waals surface area contributed by atoms with Crippen molar-refractivity contribution in [2.24, 2.45) is 0 Å². The minimum atomic E-state index is -0.379. The first-order valence-electron chi connectivity index (χ1n) is 10.6. The number of unbranched alkanes of at least 4 members (excludes halogenated alkanes) is 5. The third kappa shape index (κ3) is 3.95. The summed E-state index contributed by atoms with van der Waals surface area (Å²) in [6.45, 7) is 3.31. The Morgan fingerprint density at radius 1 is 1.00 bits per heavy atom. The first-order chi connectivity index (χ1) is 14.2. The van der Waals surface area contributed by atoms with Gasteiger partial charge in [0.15, 0.2) is 5.76 Å². The van der Waals surface area contributed by atoms with Gasteiger partial charge in [-0.3, -0.25) is 4.79 Å². The van der Waals surface area contributed by atoms with Gasteiger partial charge in [0.25, 0.3) is 5.91 Å². The van der Waals surface area contributed by atoms with Crippen molar-refractivity contribution in [3.8, 4) is 5.75 Å². The van der Waals surface area contributed by atoms with Crippen LogP contribution in [0.1, 0.15) is 45.4 Å². The topological polar surface area (TPSA) is 63.5 Å². The molecule has 5 heteroatoms. The van der Waals surface area contributed by atoms with Crippen LogP contribution in [-0.4, -0.2) is 22.1 Å². The molecule has 0 radical (unpaired) electrons. The minimum Gasteiger partial charge on any atom is -0.507 e. The maximum atomic E-state index is 11.9. The fourth-order valence-corrected chi connectivity index (χ4v) is 4.06. The number of hydrogen-bond donors (Lipinski definition) is 2. The van der Waals surface area contributed by atoms with Gasteiger partial charge < -0.3 is 19.7 Å². The highest BCUT2D eigenvalue weighted by molar-refractivity contribution is 6.08. The van der Waals surface area contributed by atoms with E-state index in [0.29, 0.717) is 5.75 Å². The first-order valence-corrected chi connectivity index (χ1v) is 10.6. The van der Waals surface area contributed by atoms with Crippen molar-refractivity contribution < 1.29 is 14.6 Å². The number of aliphatic hydroxyl groups excluding tert-OH is 1. The molecule has 1 aromatic heterocycles. The molecular weight excluding hydrogens is 364 g/mol. The number of carbonyl (C=O) groups is 1. The largest absolute Gasteiger partial charge is 0.507 e. The van der Waals surface area contributed by atoms with Crippen LogP contribution in [0.15, 0.2) is 54.0 Å². The van der Waals surface area contributed by atoms with Gasteiger partial charge in [-0.1, -0.05) is 57.2 Å². The van der Waals surface area contributed by atoms with Crippen LogP contribution in [0, 0.1) is 0 Å². The average Bonchev–Trinajstić information content (AvgIpc) is 3.22. The molecule has 0 saturated heterocycles. The van der Waals surface area contributed by atoms with Crippen LogP contribution in [-0.2, 0) is 11.3 Å². The van der Waals surface area contributed by atoms with Gasteiger partial charge in [0.1, 0.15) is 5.75 Å². The number of nitrogens with zero attached hydrogens (tertiary/aromatic N) is 1. The van der Waals surface area contributed by atoms with Gasteiger partial charge in [-0.25, -0.2) is 0 Å². The first kappa shape index (κ1) is 19.4. The zero-order valence-electron chi connectivity index (χ0n) is 16.9. The molecule has 0 fully saturated rings. The van der Waals surface area contributed by atoms with Crippen LogP contribution in [0.2, 0.25) is 0 Å². The highest BCUT2D eigenvalue weighted by atomic mass is 16.5. The van der Waals surface area contributed by atoms with E-state index in [9.17, 15) is 9.90 Å². The summed E-state index contributed by atoms with van der Waals surface area (Å²) in [5, 5.41) is 14.8. The summed E-state index contributed by atoms with van der Waals surface area (Å²) >= 11 is 0. The monoisotopic (exact) mass is 392 g/mol. The molecule has 0 spiro atoms. The number of aliphatic hydroxyl groups is 1. The Kier molecular flexibility index (Phi) is 5.74. The van der Waals surface area contributed by atoms with E-state index in [0.717, 1.165) is 18.5 Å². The van der Waals surface area contributed by atoms with Crippen LogP contribution >= 0.6 is 0 Å². The van der Waals surface area contributed by atoms with E-state index in [1.165, 1.54) is 48.4 Å². The summed E-state index contributed by atoms with van der Waals surface area (Å²) in [5.41, 5.74) is 2.31. The maximum Gasteiger partial charge on any atom is 0.291 e. The van der Waals surface area contributed by atoms with Crippen molar-refractivity contribution in [1.82, 2.24) is 9.88 Å². The molecule has 29 heavy (non-hydrogen) atoms. The van der Waals surface area contributed by atoms with Crippen molar-refractivity contribution >= 4 is 27.7 Å². The molecule has 152 valence electrons. The Labute approximate surface area is 171 Å². The third-order valence-corrected chi connectivity index (χ3v) is 5.58. The van der Waals surface area contributed by atoms with E-state index in [4.69, 9.17) is 4.74 Å². The number of amides is 1. The molecular formula is C24H28N2O3. The highest BCUT2D eigenvalue weighted by Gasteiger charge is 2.25. The lowest BCUT2D eigenvalue weighted by molar-refractivity contribution is -0.118. The Bertz CT molecular complexity index is 1060. The number of carbonyl (C=O) groups excluding carboxylic acids is 1. The number of aryl methyl sites for hydroxylation is 1. The third-order valence-electron chi connectivity index (χ3n) is 5.58. The summed E-state index contributed by atoms with van der Waals surface area (Å²) in [7, 11) is 0. The molecule has 3 aromatic rings. The molecule has 0 saturated carbocycles. The zero-order chi connectivity index (χ0) is 20.2. The molecule has 0 unspecified atom stereocenters. The predicted molar refractivity (Wildman–Crippen MR) is 116 cm³/mol. The minimum absolute atomic E-state index is 0.0112. The molecule has 1 aliphatic heterocycles. The lowest BCUT2D eigenvalue weighted by atomic mass is 10.1. The summed E-state index contributed by atoms with van der Waals surface area (Å²) in [4.78, 5) is 11.9. The molecule has 0 aliphatic carbocycles. The quantitative estimate of drug-likeness (QED) is 0.477. The lowest BCUT2D eigenvalue weighted by Crippen LogP contribution is -2.19. The Balaban J connectivity index is 1.62. The van der Waals surface area contributed by atoms with E-state index >= 15 is 0 Å². The maximum absolute atomic E-state index is 11.9. The highest BCUT2D eigenvalue weighted by Crippen LogP contribution is 2.32. The van der Waals surface area contributed by atoms with Crippen molar-refractivity contribution in [2.45, 2.75) is 52.0 Å². The number of benzene rings is 2. The standard InChI is InChI=1S/C24H28N2O3/c1-2-3-4-5-6-9-14-26-20-11-8-7-10-18(20)19-13-12-17(15-21(19)26)29-23-22(27)16-25-24(23)28/h7-8,10-13,15,27H,2-6,9,14,16H2,1H3,(H,25,28). The van der Waals surface area contributed by atoms with Gasteiger partial charge in [0, 0.05) is 28.9 Å². The molecule has 0 atom stereocenters. The molecule has 1 amide bonds. The molecule has 5 nitrogen and oxygen atoms in total. The predicted octanol–water partition coefficient (Wildman–Crippen LogP) is 5.43. The van der Waals surface area contributed by atoms with E-state index in [1.54, 1.807) is 0 Å². The Morgan fingerprint density at radius 3 is 2.55 bits per heavy atom.